The molecular formula is C16H23FN2O2. The lowest BCUT2D eigenvalue weighted by Gasteiger charge is -2.13. The average molecular weight is 294 g/mol. The van der Waals surface area contributed by atoms with E-state index < -0.39 is 5.82 Å². The second-order valence-electron chi connectivity index (χ2n) is 5.61. The van der Waals surface area contributed by atoms with E-state index in [9.17, 15) is 9.18 Å². The van der Waals surface area contributed by atoms with Crippen LogP contribution >= 0.6 is 0 Å². The molecule has 5 heteroatoms. The molecule has 0 radical (unpaired) electrons. The molecule has 0 aromatic heterocycles. The highest BCUT2D eigenvalue weighted by atomic mass is 19.1. The summed E-state index contributed by atoms with van der Waals surface area (Å²) < 4.78 is 13.5. The Bertz CT molecular complexity index is 471. The lowest BCUT2D eigenvalue weighted by atomic mass is 9.96. The normalized spacial score (nSPS) is 19.0. The van der Waals surface area contributed by atoms with Crippen LogP contribution in [0.4, 0.5) is 4.39 Å². The topological polar surface area (TPSA) is 61.4 Å². The zero-order valence-electron chi connectivity index (χ0n) is 12.2. The number of aliphatic hydroxyl groups excluding tert-OH is 1. The largest absolute Gasteiger partial charge is 0.392 e. The molecule has 0 spiro atoms. The summed E-state index contributed by atoms with van der Waals surface area (Å²) in [4.78, 5) is 11.9. The Labute approximate surface area is 124 Å². The summed E-state index contributed by atoms with van der Waals surface area (Å²) in [6.45, 7) is 2.03. The Morgan fingerprint density at radius 1 is 1.38 bits per heavy atom. The third-order valence-corrected chi connectivity index (χ3v) is 3.95. The number of nitrogens with one attached hydrogen (secondary N) is 2. The number of rotatable bonds is 5. The predicted octanol–water partition coefficient (Wildman–Crippen LogP) is 1.71. The molecule has 3 N–H and O–H groups in total. The fourth-order valence-electron chi connectivity index (χ4n) is 2.66. The van der Waals surface area contributed by atoms with Gasteiger partial charge in [0.15, 0.2) is 0 Å². The van der Waals surface area contributed by atoms with Crippen molar-refractivity contribution in [2.75, 3.05) is 13.1 Å². The molecule has 0 unspecified atom stereocenters. The van der Waals surface area contributed by atoms with Gasteiger partial charge in [-0.05, 0) is 49.9 Å². The number of aliphatic hydroxyl groups is 1. The summed E-state index contributed by atoms with van der Waals surface area (Å²) in [5, 5.41) is 15.1. The number of carbonyl (C=O) groups excluding carboxylic acids is 1. The molecule has 1 atom stereocenters. The van der Waals surface area contributed by atoms with Crippen molar-refractivity contribution >= 4 is 5.91 Å². The van der Waals surface area contributed by atoms with E-state index in [0.717, 1.165) is 32.4 Å². The Hall–Kier alpha value is -1.46. The summed E-state index contributed by atoms with van der Waals surface area (Å²) >= 11 is 0. The van der Waals surface area contributed by atoms with Crippen molar-refractivity contribution in [2.45, 2.75) is 38.8 Å². The zero-order valence-corrected chi connectivity index (χ0v) is 12.2. The summed E-state index contributed by atoms with van der Waals surface area (Å²) in [6, 6.07) is 4.64. The molecule has 1 fully saturated rings. The molecule has 0 bridgehead atoms. The Morgan fingerprint density at radius 2 is 2.24 bits per heavy atom. The van der Waals surface area contributed by atoms with Crippen LogP contribution in [0.1, 0.15) is 36.8 Å². The van der Waals surface area contributed by atoms with Crippen LogP contribution in [-0.4, -0.2) is 24.1 Å². The van der Waals surface area contributed by atoms with E-state index >= 15 is 0 Å². The smallest absolute Gasteiger partial charge is 0.220 e. The maximum atomic E-state index is 13.5. The quantitative estimate of drug-likeness (QED) is 0.775. The number of carbonyl (C=O) groups is 1. The molecule has 1 saturated heterocycles. The molecule has 4 nitrogen and oxygen atoms in total. The minimum atomic E-state index is -0.431. The molecule has 1 heterocycles. The van der Waals surface area contributed by atoms with Gasteiger partial charge in [0.05, 0.1) is 6.61 Å². The first kappa shape index (κ1) is 15.9. The molecule has 21 heavy (non-hydrogen) atoms. The third kappa shape index (κ3) is 5.10. The first-order valence-corrected chi connectivity index (χ1v) is 7.54. The van der Waals surface area contributed by atoms with Crippen LogP contribution in [-0.2, 0) is 17.9 Å². The molecule has 1 aliphatic heterocycles. The van der Waals surface area contributed by atoms with Crippen LogP contribution < -0.4 is 10.6 Å². The highest BCUT2D eigenvalue weighted by Crippen LogP contribution is 2.17. The van der Waals surface area contributed by atoms with Crippen LogP contribution in [0.3, 0.4) is 0 Å². The van der Waals surface area contributed by atoms with E-state index in [0.29, 0.717) is 24.4 Å². The van der Waals surface area contributed by atoms with E-state index in [1.165, 1.54) is 6.07 Å². The van der Waals surface area contributed by atoms with Crippen LogP contribution in [0.25, 0.3) is 0 Å². The monoisotopic (exact) mass is 294 g/mol. The first-order chi connectivity index (χ1) is 10.2. The number of amides is 1. The third-order valence-electron chi connectivity index (χ3n) is 3.95. The second kappa shape index (κ2) is 8.10. The van der Waals surface area contributed by atoms with Gasteiger partial charge in [0.2, 0.25) is 5.91 Å². The van der Waals surface area contributed by atoms with Crippen molar-refractivity contribution in [1.82, 2.24) is 10.6 Å². The van der Waals surface area contributed by atoms with E-state index in [-0.39, 0.29) is 18.1 Å². The van der Waals surface area contributed by atoms with Gasteiger partial charge in [0.25, 0.3) is 0 Å². The van der Waals surface area contributed by atoms with Gasteiger partial charge in [-0.2, -0.15) is 0 Å². The van der Waals surface area contributed by atoms with Crippen LogP contribution in [0.15, 0.2) is 18.2 Å². The van der Waals surface area contributed by atoms with Gasteiger partial charge in [0, 0.05) is 18.5 Å². The maximum absolute atomic E-state index is 13.5. The van der Waals surface area contributed by atoms with Gasteiger partial charge < -0.3 is 15.7 Å². The zero-order chi connectivity index (χ0) is 15.1. The van der Waals surface area contributed by atoms with E-state index in [1.54, 1.807) is 12.1 Å². The predicted molar refractivity (Wildman–Crippen MR) is 79.0 cm³/mol. The molecule has 116 valence electrons. The summed E-state index contributed by atoms with van der Waals surface area (Å²) in [6.07, 6.45) is 3.78. The fourth-order valence-corrected chi connectivity index (χ4v) is 2.66. The number of hydrogen-bond donors (Lipinski definition) is 3. The van der Waals surface area contributed by atoms with Crippen molar-refractivity contribution in [1.29, 1.82) is 0 Å². The van der Waals surface area contributed by atoms with Crippen molar-refractivity contribution < 1.29 is 14.3 Å². The molecule has 1 aromatic carbocycles. The summed E-state index contributed by atoms with van der Waals surface area (Å²) in [5.41, 5.74) is 0.983. The van der Waals surface area contributed by atoms with Gasteiger partial charge in [-0.15, -0.1) is 0 Å². The van der Waals surface area contributed by atoms with Gasteiger partial charge in [-0.25, -0.2) is 4.39 Å². The van der Waals surface area contributed by atoms with E-state index in [2.05, 4.69) is 10.6 Å². The molecule has 1 aromatic rings. The van der Waals surface area contributed by atoms with Crippen LogP contribution in [0, 0.1) is 11.7 Å². The number of hydrogen-bond acceptors (Lipinski definition) is 3. The number of benzene rings is 1. The molecule has 1 aliphatic rings. The Kier molecular flexibility index (Phi) is 6.14. The van der Waals surface area contributed by atoms with Crippen molar-refractivity contribution in [3.63, 3.8) is 0 Å². The summed E-state index contributed by atoms with van der Waals surface area (Å²) in [7, 11) is 0. The maximum Gasteiger partial charge on any atom is 0.220 e. The van der Waals surface area contributed by atoms with E-state index in [4.69, 9.17) is 5.11 Å². The SMILES string of the molecule is O=C(C[C@H]1CCCNCC1)NCc1ccc(CO)c(F)c1. The second-order valence-corrected chi connectivity index (χ2v) is 5.61. The van der Waals surface area contributed by atoms with Gasteiger partial charge in [-0.1, -0.05) is 12.1 Å². The van der Waals surface area contributed by atoms with Gasteiger partial charge >= 0.3 is 0 Å². The summed E-state index contributed by atoms with van der Waals surface area (Å²) in [5.74, 6) is 0.0288. The van der Waals surface area contributed by atoms with Gasteiger partial charge in [-0.3, -0.25) is 4.79 Å². The lowest BCUT2D eigenvalue weighted by molar-refractivity contribution is -0.122. The van der Waals surface area contributed by atoms with Gasteiger partial charge in [0.1, 0.15) is 5.82 Å². The van der Waals surface area contributed by atoms with Crippen molar-refractivity contribution in [2.24, 2.45) is 5.92 Å². The minimum Gasteiger partial charge on any atom is -0.392 e. The van der Waals surface area contributed by atoms with Crippen LogP contribution in [0.2, 0.25) is 0 Å². The number of halogens is 1. The molecule has 1 amide bonds. The molecule has 0 saturated carbocycles. The molecular weight excluding hydrogens is 271 g/mol. The minimum absolute atomic E-state index is 0.0218. The lowest BCUT2D eigenvalue weighted by Crippen LogP contribution is -2.25. The Balaban J connectivity index is 1.79. The highest BCUT2D eigenvalue weighted by Gasteiger charge is 2.15. The molecule has 0 aliphatic carbocycles. The van der Waals surface area contributed by atoms with Crippen LogP contribution in [0.5, 0.6) is 0 Å². The standard InChI is InChI=1S/C16H23FN2O2/c17-15-8-13(3-4-14(15)11-20)10-19-16(21)9-12-2-1-6-18-7-5-12/h3-4,8,12,18,20H,1-2,5-7,9-11H2,(H,19,21)/t12-/m0/s1. The fraction of sp³-hybridized carbons (Fsp3) is 0.562. The van der Waals surface area contributed by atoms with Crippen molar-refractivity contribution in [3.05, 3.63) is 35.1 Å². The average Bonchev–Trinajstić information content (AvgIpc) is 2.74. The first-order valence-electron chi connectivity index (χ1n) is 7.54. The highest BCUT2D eigenvalue weighted by molar-refractivity contribution is 5.76. The molecule has 2 rings (SSSR count). The Morgan fingerprint density at radius 3 is 3.00 bits per heavy atom. The van der Waals surface area contributed by atoms with E-state index in [1.807, 2.05) is 0 Å². The van der Waals surface area contributed by atoms with Crippen molar-refractivity contribution in [3.8, 4) is 0 Å².